The SMILES string of the molecule is COc1cc2c(c(OC)c1OC)-c1ccc(NC(=O)[C@H](C)N)cc1C(C=NC(C)=O)CC2. The van der Waals surface area contributed by atoms with Crippen LogP contribution in [0.5, 0.6) is 17.2 Å². The van der Waals surface area contributed by atoms with Gasteiger partial charge in [0.15, 0.2) is 11.5 Å². The van der Waals surface area contributed by atoms with Crippen molar-refractivity contribution in [3.05, 3.63) is 35.4 Å². The van der Waals surface area contributed by atoms with Crippen molar-refractivity contribution in [2.45, 2.75) is 38.6 Å². The molecule has 1 unspecified atom stereocenters. The molecule has 32 heavy (non-hydrogen) atoms. The molecule has 0 bridgehead atoms. The zero-order chi connectivity index (χ0) is 23.4. The molecule has 2 atom stereocenters. The molecule has 0 fully saturated rings. The van der Waals surface area contributed by atoms with E-state index in [4.69, 9.17) is 19.9 Å². The van der Waals surface area contributed by atoms with Crippen molar-refractivity contribution in [2.75, 3.05) is 26.6 Å². The van der Waals surface area contributed by atoms with E-state index in [-0.39, 0.29) is 17.7 Å². The fraction of sp³-hybridized carbons (Fsp3) is 0.375. The Morgan fingerprint density at radius 3 is 2.47 bits per heavy atom. The molecule has 8 nitrogen and oxygen atoms in total. The smallest absolute Gasteiger partial charge is 0.242 e. The first-order chi connectivity index (χ1) is 15.3. The highest BCUT2D eigenvalue weighted by Gasteiger charge is 2.28. The summed E-state index contributed by atoms with van der Waals surface area (Å²) >= 11 is 0. The number of carbonyl (C=O) groups is 2. The summed E-state index contributed by atoms with van der Waals surface area (Å²) in [5.41, 5.74) is 10.1. The molecule has 170 valence electrons. The van der Waals surface area contributed by atoms with Crippen molar-refractivity contribution in [3.8, 4) is 28.4 Å². The maximum Gasteiger partial charge on any atom is 0.242 e. The number of nitrogens with one attached hydrogen (secondary N) is 1. The van der Waals surface area contributed by atoms with Crippen LogP contribution in [-0.4, -0.2) is 45.4 Å². The summed E-state index contributed by atoms with van der Waals surface area (Å²) in [5, 5.41) is 2.84. The largest absolute Gasteiger partial charge is 0.493 e. The number of fused-ring (bicyclic) bond motifs is 3. The second kappa shape index (κ2) is 9.82. The number of aliphatic imine (C=N–C) groups is 1. The minimum absolute atomic E-state index is 0.143. The van der Waals surface area contributed by atoms with E-state index in [1.165, 1.54) is 6.92 Å². The molecule has 2 aromatic rings. The van der Waals surface area contributed by atoms with Crippen LogP contribution in [0.2, 0.25) is 0 Å². The number of rotatable bonds is 6. The molecular formula is C24H29N3O5. The van der Waals surface area contributed by atoms with Gasteiger partial charge in [-0.15, -0.1) is 0 Å². The Balaban J connectivity index is 2.25. The van der Waals surface area contributed by atoms with Gasteiger partial charge >= 0.3 is 0 Å². The number of benzene rings is 2. The van der Waals surface area contributed by atoms with Crippen LogP contribution in [0.3, 0.4) is 0 Å². The minimum Gasteiger partial charge on any atom is -0.493 e. The van der Waals surface area contributed by atoms with Crippen molar-refractivity contribution in [1.29, 1.82) is 0 Å². The summed E-state index contributed by atoms with van der Waals surface area (Å²) in [4.78, 5) is 27.7. The molecule has 1 aliphatic carbocycles. The Labute approximate surface area is 187 Å². The predicted octanol–water partition coefficient (Wildman–Crippen LogP) is 3.31. The van der Waals surface area contributed by atoms with E-state index in [9.17, 15) is 9.59 Å². The molecule has 3 N–H and O–H groups in total. The number of carbonyl (C=O) groups excluding carboxylic acids is 2. The molecule has 0 aliphatic heterocycles. The Hall–Kier alpha value is -3.39. The number of methoxy groups -OCH3 is 3. The standard InChI is InChI=1S/C24H29N3O5/c1-13(25)24(29)27-17-8-9-18-19(11-17)16(12-26-14(2)28)7-6-15-10-20(30-3)22(31-4)23(32-5)21(15)18/h8-13,16H,6-7,25H2,1-5H3,(H,27,29)/t13-,16?/m0/s1. The molecule has 0 saturated heterocycles. The molecule has 0 spiro atoms. The third kappa shape index (κ3) is 4.60. The summed E-state index contributed by atoms with van der Waals surface area (Å²) in [5.74, 6) is 0.966. The Morgan fingerprint density at radius 1 is 1.16 bits per heavy atom. The van der Waals surface area contributed by atoms with Crippen molar-refractivity contribution < 1.29 is 23.8 Å². The van der Waals surface area contributed by atoms with Crippen molar-refractivity contribution in [3.63, 3.8) is 0 Å². The van der Waals surface area contributed by atoms with Crippen LogP contribution in [0, 0.1) is 0 Å². The average molecular weight is 440 g/mol. The normalized spacial score (nSPS) is 15.9. The first-order valence-electron chi connectivity index (χ1n) is 10.4. The van der Waals surface area contributed by atoms with Crippen molar-refractivity contribution in [2.24, 2.45) is 10.7 Å². The first kappa shape index (κ1) is 23.3. The van der Waals surface area contributed by atoms with Gasteiger partial charge in [-0.05, 0) is 54.7 Å². The summed E-state index contributed by atoms with van der Waals surface area (Å²) in [6, 6.07) is 6.97. The van der Waals surface area contributed by atoms with Gasteiger partial charge in [0.05, 0.1) is 27.4 Å². The van der Waals surface area contributed by atoms with Crippen LogP contribution in [0.25, 0.3) is 11.1 Å². The van der Waals surface area contributed by atoms with Gasteiger partial charge in [0, 0.05) is 30.3 Å². The van der Waals surface area contributed by atoms with Gasteiger partial charge in [-0.25, -0.2) is 4.99 Å². The highest BCUT2D eigenvalue weighted by atomic mass is 16.5. The maximum atomic E-state index is 12.1. The van der Waals surface area contributed by atoms with E-state index in [0.29, 0.717) is 35.8 Å². The Bertz CT molecular complexity index is 1060. The number of ether oxygens (including phenoxy) is 3. The van der Waals surface area contributed by atoms with Crippen LogP contribution in [0.4, 0.5) is 5.69 Å². The first-order valence-corrected chi connectivity index (χ1v) is 10.4. The lowest BCUT2D eigenvalue weighted by Gasteiger charge is -2.20. The zero-order valence-electron chi connectivity index (χ0n) is 19.0. The summed E-state index contributed by atoms with van der Waals surface area (Å²) in [6.45, 7) is 3.04. The van der Waals surface area contributed by atoms with Crippen molar-refractivity contribution in [1.82, 2.24) is 0 Å². The lowest BCUT2D eigenvalue weighted by Crippen LogP contribution is -2.32. The van der Waals surface area contributed by atoms with Gasteiger partial charge < -0.3 is 25.3 Å². The summed E-state index contributed by atoms with van der Waals surface area (Å²) in [7, 11) is 4.75. The Kier molecular flexibility index (Phi) is 7.15. The van der Waals surface area contributed by atoms with E-state index >= 15 is 0 Å². The van der Waals surface area contributed by atoms with Gasteiger partial charge in [-0.1, -0.05) is 6.07 Å². The zero-order valence-corrected chi connectivity index (χ0v) is 19.0. The summed E-state index contributed by atoms with van der Waals surface area (Å²) < 4.78 is 16.9. The number of aryl methyl sites for hydroxylation is 1. The molecular weight excluding hydrogens is 410 g/mol. The van der Waals surface area contributed by atoms with Gasteiger partial charge in [-0.3, -0.25) is 9.59 Å². The third-order valence-corrected chi connectivity index (χ3v) is 5.47. The van der Waals surface area contributed by atoms with Gasteiger partial charge in [0.1, 0.15) is 0 Å². The number of amides is 2. The van der Waals surface area contributed by atoms with E-state index in [1.54, 1.807) is 34.5 Å². The molecule has 2 amide bonds. The van der Waals surface area contributed by atoms with Crippen molar-refractivity contribution >= 4 is 23.7 Å². The van der Waals surface area contributed by atoms with Gasteiger partial charge in [-0.2, -0.15) is 0 Å². The fourth-order valence-electron chi connectivity index (χ4n) is 3.95. The topological polar surface area (TPSA) is 112 Å². The van der Waals surface area contributed by atoms with Gasteiger partial charge in [0.25, 0.3) is 0 Å². The van der Waals surface area contributed by atoms with Crippen LogP contribution in [0.15, 0.2) is 29.3 Å². The summed E-state index contributed by atoms with van der Waals surface area (Å²) in [6.07, 6.45) is 3.09. The fourth-order valence-corrected chi connectivity index (χ4v) is 3.95. The molecule has 0 heterocycles. The number of anilines is 1. The highest BCUT2D eigenvalue weighted by Crippen LogP contribution is 2.50. The molecule has 3 rings (SSSR count). The molecule has 2 aromatic carbocycles. The van der Waals surface area contributed by atoms with Crippen LogP contribution in [-0.2, 0) is 16.0 Å². The lowest BCUT2D eigenvalue weighted by molar-refractivity contribution is -0.117. The lowest BCUT2D eigenvalue weighted by atomic mass is 9.90. The van der Waals surface area contributed by atoms with Crippen LogP contribution >= 0.6 is 0 Å². The number of nitrogens with two attached hydrogens (primary N) is 1. The van der Waals surface area contributed by atoms with E-state index in [0.717, 1.165) is 22.3 Å². The average Bonchev–Trinajstić information content (AvgIpc) is 2.92. The molecule has 0 radical (unpaired) electrons. The van der Waals surface area contributed by atoms with Crippen LogP contribution < -0.4 is 25.3 Å². The van der Waals surface area contributed by atoms with Gasteiger partial charge in [0.2, 0.25) is 17.6 Å². The van der Waals surface area contributed by atoms with E-state index in [2.05, 4.69) is 10.3 Å². The van der Waals surface area contributed by atoms with Crippen LogP contribution in [0.1, 0.15) is 37.3 Å². The van der Waals surface area contributed by atoms with E-state index in [1.807, 2.05) is 24.3 Å². The predicted molar refractivity (Wildman–Crippen MR) is 124 cm³/mol. The maximum absolute atomic E-state index is 12.1. The second-order valence-electron chi connectivity index (χ2n) is 7.70. The monoisotopic (exact) mass is 439 g/mol. The highest BCUT2D eigenvalue weighted by molar-refractivity contribution is 5.96. The Morgan fingerprint density at radius 2 is 1.88 bits per heavy atom. The number of hydrogen-bond donors (Lipinski definition) is 2. The molecule has 8 heteroatoms. The second-order valence-corrected chi connectivity index (χ2v) is 7.70. The third-order valence-electron chi connectivity index (χ3n) is 5.47. The number of nitrogens with zero attached hydrogens (tertiary/aromatic N) is 1. The van der Waals surface area contributed by atoms with E-state index < -0.39 is 6.04 Å². The number of hydrogen-bond acceptors (Lipinski definition) is 6. The molecule has 0 aromatic heterocycles. The minimum atomic E-state index is -0.638. The molecule has 1 aliphatic rings. The molecule has 0 saturated carbocycles. The quantitative estimate of drug-likeness (QED) is 0.668.